The van der Waals surface area contributed by atoms with E-state index in [-0.39, 0.29) is 0 Å². The molecule has 0 bridgehead atoms. The molecule has 0 aliphatic carbocycles. The van der Waals surface area contributed by atoms with Crippen LogP contribution in [0.25, 0.3) is 0 Å². The first-order valence-corrected chi connectivity index (χ1v) is 7.09. The molecule has 0 spiro atoms. The molecule has 1 aliphatic heterocycles. The first-order valence-electron chi connectivity index (χ1n) is 7.09. The summed E-state index contributed by atoms with van der Waals surface area (Å²) in [4.78, 5) is 2.13. The summed E-state index contributed by atoms with van der Waals surface area (Å²) in [6.07, 6.45) is 0. The molecule has 0 amide bonds. The number of anilines is 2. The van der Waals surface area contributed by atoms with Gasteiger partial charge in [-0.2, -0.15) is 0 Å². The largest absolute Gasteiger partial charge is 0.486 e. The summed E-state index contributed by atoms with van der Waals surface area (Å²) in [6.45, 7) is 4.05. The molecule has 0 unspecified atom stereocenters. The second-order valence-electron chi connectivity index (χ2n) is 5.40. The maximum Gasteiger partial charge on any atom is 0.163 e. The minimum absolute atomic E-state index is 0.574. The van der Waals surface area contributed by atoms with Crippen molar-refractivity contribution in [3.05, 3.63) is 47.5 Å². The third-order valence-electron chi connectivity index (χ3n) is 3.60. The molecular weight excluding hydrogens is 264 g/mol. The number of fused-ring (bicyclic) bond motifs is 1. The first kappa shape index (κ1) is 13.6. The van der Waals surface area contributed by atoms with Crippen LogP contribution in [-0.2, 0) is 6.54 Å². The van der Waals surface area contributed by atoms with Gasteiger partial charge >= 0.3 is 0 Å². The van der Waals surface area contributed by atoms with Crippen molar-refractivity contribution in [3.63, 3.8) is 0 Å². The van der Waals surface area contributed by atoms with Crippen LogP contribution in [0, 0.1) is 6.92 Å². The van der Waals surface area contributed by atoms with Crippen molar-refractivity contribution < 1.29 is 9.47 Å². The Bertz CT molecular complexity index is 655. The smallest absolute Gasteiger partial charge is 0.163 e. The number of rotatable bonds is 3. The molecule has 1 heterocycles. The number of ether oxygens (including phenoxy) is 2. The predicted molar refractivity (Wildman–Crippen MR) is 85.1 cm³/mol. The molecule has 21 heavy (non-hydrogen) atoms. The van der Waals surface area contributed by atoms with Crippen molar-refractivity contribution in [2.24, 2.45) is 0 Å². The molecule has 0 saturated heterocycles. The third kappa shape index (κ3) is 2.89. The van der Waals surface area contributed by atoms with E-state index >= 15 is 0 Å². The van der Waals surface area contributed by atoms with Crippen LogP contribution in [0.15, 0.2) is 36.4 Å². The Hall–Kier alpha value is -2.36. The fourth-order valence-electron chi connectivity index (χ4n) is 2.59. The van der Waals surface area contributed by atoms with Gasteiger partial charge < -0.3 is 20.1 Å². The summed E-state index contributed by atoms with van der Waals surface area (Å²) in [6, 6.07) is 12.3. The minimum atomic E-state index is 0.574. The van der Waals surface area contributed by atoms with Gasteiger partial charge in [0, 0.05) is 25.7 Å². The number of benzene rings is 2. The van der Waals surface area contributed by atoms with Gasteiger partial charge in [-0.05, 0) is 12.5 Å². The van der Waals surface area contributed by atoms with Gasteiger partial charge in [0.1, 0.15) is 13.2 Å². The average Bonchev–Trinajstić information content (AvgIpc) is 2.46. The van der Waals surface area contributed by atoms with Gasteiger partial charge in [0.15, 0.2) is 11.5 Å². The van der Waals surface area contributed by atoms with Gasteiger partial charge in [-0.3, -0.25) is 0 Å². The van der Waals surface area contributed by atoms with E-state index in [2.05, 4.69) is 36.1 Å². The van der Waals surface area contributed by atoms with E-state index in [0.29, 0.717) is 18.9 Å². The molecule has 3 rings (SSSR count). The van der Waals surface area contributed by atoms with Gasteiger partial charge in [-0.1, -0.05) is 29.8 Å². The van der Waals surface area contributed by atoms with Crippen LogP contribution in [0.4, 0.5) is 11.4 Å². The molecular formula is C17H20N2O2. The molecule has 1 aliphatic rings. The molecule has 0 saturated carbocycles. The standard InChI is InChI=1S/C17H20N2O2/c1-12-4-3-5-13(8-12)11-19(2)15-10-17-16(9-14(15)18)20-6-7-21-17/h3-5,8-10H,6-7,11,18H2,1-2H3. The van der Waals surface area contributed by atoms with E-state index in [0.717, 1.165) is 23.7 Å². The summed E-state index contributed by atoms with van der Waals surface area (Å²) in [5.41, 5.74) is 10.3. The molecule has 2 aromatic carbocycles. The quantitative estimate of drug-likeness (QED) is 0.880. The van der Waals surface area contributed by atoms with Crippen molar-refractivity contribution in [2.75, 3.05) is 30.9 Å². The predicted octanol–water partition coefficient (Wildman–Crippen LogP) is 2.98. The number of hydrogen-bond acceptors (Lipinski definition) is 4. The molecule has 4 nitrogen and oxygen atoms in total. The average molecular weight is 284 g/mol. The van der Waals surface area contributed by atoms with Crippen LogP contribution in [0.3, 0.4) is 0 Å². The summed E-state index contributed by atoms with van der Waals surface area (Å²) in [5, 5.41) is 0. The van der Waals surface area contributed by atoms with Crippen LogP contribution in [0.2, 0.25) is 0 Å². The van der Waals surface area contributed by atoms with Crippen molar-refractivity contribution >= 4 is 11.4 Å². The van der Waals surface area contributed by atoms with Crippen molar-refractivity contribution in [1.29, 1.82) is 0 Å². The van der Waals surface area contributed by atoms with Crippen LogP contribution in [0.5, 0.6) is 11.5 Å². The fraction of sp³-hybridized carbons (Fsp3) is 0.294. The number of nitrogens with zero attached hydrogens (tertiary/aromatic N) is 1. The van der Waals surface area contributed by atoms with Gasteiger partial charge in [-0.25, -0.2) is 0 Å². The lowest BCUT2D eigenvalue weighted by Crippen LogP contribution is -2.20. The zero-order valence-corrected chi connectivity index (χ0v) is 12.4. The Balaban J connectivity index is 1.85. The van der Waals surface area contributed by atoms with Crippen molar-refractivity contribution in [3.8, 4) is 11.5 Å². The van der Waals surface area contributed by atoms with Crippen molar-refractivity contribution in [2.45, 2.75) is 13.5 Å². The Morgan fingerprint density at radius 2 is 1.81 bits per heavy atom. The molecule has 110 valence electrons. The Morgan fingerprint density at radius 1 is 1.10 bits per heavy atom. The minimum Gasteiger partial charge on any atom is -0.486 e. The lowest BCUT2D eigenvalue weighted by Gasteiger charge is -2.25. The highest BCUT2D eigenvalue weighted by Gasteiger charge is 2.16. The highest BCUT2D eigenvalue weighted by molar-refractivity contribution is 5.73. The van der Waals surface area contributed by atoms with Crippen LogP contribution < -0.4 is 20.1 Å². The van der Waals surface area contributed by atoms with E-state index < -0.39 is 0 Å². The highest BCUT2D eigenvalue weighted by atomic mass is 16.6. The second-order valence-corrected chi connectivity index (χ2v) is 5.40. The second kappa shape index (κ2) is 5.56. The number of aryl methyl sites for hydroxylation is 1. The highest BCUT2D eigenvalue weighted by Crippen LogP contribution is 2.38. The number of nitrogen functional groups attached to an aromatic ring is 1. The summed E-state index contributed by atoms with van der Waals surface area (Å²) < 4.78 is 11.2. The van der Waals surface area contributed by atoms with Crippen LogP contribution >= 0.6 is 0 Å². The summed E-state index contributed by atoms with van der Waals surface area (Å²) >= 11 is 0. The molecule has 4 heteroatoms. The van der Waals surface area contributed by atoms with E-state index in [9.17, 15) is 0 Å². The number of nitrogens with two attached hydrogens (primary N) is 1. The van der Waals surface area contributed by atoms with Crippen LogP contribution in [0.1, 0.15) is 11.1 Å². The molecule has 0 fully saturated rings. The lowest BCUT2D eigenvalue weighted by molar-refractivity contribution is 0.172. The molecule has 0 atom stereocenters. The fourth-order valence-corrected chi connectivity index (χ4v) is 2.59. The molecule has 0 radical (unpaired) electrons. The van der Waals surface area contributed by atoms with E-state index in [4.69, 9.17) is 15.2 Å². The van der Waals surface area contributed by atoms with E-state index in [1.807, 2.05) is 19.2 Å². The van der Waals surface area contributed by atoms with Crippen molar-refractivity contribution in [1.82, 2.24) is 0 Å². The monoisotopic (exact) mass is 284 g/mol. The zero-order chi connectivity index (χ0) is 14.8. The lowest BCUT2D eigenvalue weighted by atomic mass is 10.1. The first-order chi connectivity index (χ1) is 10.1. The SMILES string of the molecule is Cc1cccc(CN(C)c2cc3c(cc2N)OCCO3)c1. The Morgan fingerprint density at radius 3 is 2.52 bits per heavy atom. The van der Waals surface area contributed by atoms with Gasteiger partial charge in [0.05, 0.1) is 11.4 Å². The van der Waals surface area contributed by atoms with Gasteiger partial charge in [-0.15, -0.1) is 0 Å². The van der Waals surface area contributed by atoms with E-state index in [1.165, 1.54) is 11.1 Å². The molecule has 2 N–H and O–H groups in total. The van der Waals surface area contributed by atoms with E-state index in [1.54, 1.807) is 0 Å². The Kier molecular flexibility index (Phi) is 3.60. The van der Waals surface area contributed by atoms with Gasteiger partial charge in [0.2, 0.25) is 0 Å². The normalized spacial score (nSPS) is 13.0. The van der Waals surface area contributed by atoms with Crippen LogP contribution in [-0.4, -0.2) is 20.3 Å². The molecule has 2 aromatic rings. The maximum absolute atomic E-state index is 6.15. The third-order valence-corrected chi connectivity index (χ3v) is 3.60. The summed E-state index contributed by atoms with van der Waals surface area (Å²) in [5.74, 6) is 1.49. The topological polar surface area (TPSA) is 47.7 Å². The zero-order valence-electron chi connectivity index (χ0n) is 12.4. The summed E-state index contributed by atoms with van der Waals surface area (Å²) in [7, 11) is 2.03. The van der Waals surface area contributed by atoms with Gasteiger partial charge in [0.25, 0.3) is 0 Å². The Labute approximate surface area is 125 Å². The maximum atomic E-state index is 6.15. The molecule has 0 aromatic heterocycles. The number of hydrogen-bond donors (Lipinski definition) is 1.